The van der Waals surface area contributed by atoms with Crippen LogP contribution in [-0.4, -0.2) is 35.2 Å². The van der Waals surface area contributed by atoms with E-state index in [1.54, 1.807) is 0 Å². The minimum Gasteiger partial charge on any atom is -0.509 e. The molecule has 0 amide bonds. The predicted molar refractivity (Wildman–Crippen MR) is 430 cm³/mol. The van der Waals surface area contributed by atoms with Gasteiger partial charge in [0.05, 0.1) is 8.07 Å². The molecule has 0 radical (unpaired) electrons. The monoisotopic (exact) mass is 1760 g/mol. The molecule has 11 aromatic carbocycles. The fourth-order valence-electron chi connectivity index (χ4n) is 15.1. The molecule has 0 N–H and O–H groups in total. The summed E-state index contributed by atoms with van der Waals surface area (Å²) in [5.41, 5.74) is 15.7. The van der Waals surface area contributed by atoms with E-state index < -0.39 is 16.1 Å². The van der Waals surface area contributed by atoms with Crippen molar-refractivity contribution < 1.29 is 51.6 Å². The maximum absolute atomic E-state index is 6.53. The van der Waals surface area contributed by atoms with Crippen molar-refractivity contribution >= 4 is 108 Å². The summed E-state index contributed by atoms with van der Waals surface area (Å²) < 4.78 is 17.3. The molecule has 0 bridgehead atoms. The van der Waals surface area contributed by atoms with Gasteiger partial charge in [0.2, 0.25) is 0 Å². The molecule has 14 heteroatoms. The van der Waals surface area contributed by atoms with E-state index in [0.717, 1.165) is 66.6 Å². The Morgan fingerprint density at radius 2 is 0.695 bits per heavy atom. The number of aryl methyl sites for hydroxylation is 6. The zero-order valence-electron chi connectivity index (χ0n) is 59.8. The van der Waals surface area contributed by atoms with Gasteiger partial charge in [-0.3, -0.25) is 0 Å². The molecule has 0 saturated heterocycles. The molecule has 105 heavy (non-hydrogen) atoms. The summed E-state index contributed by atoms with van der Waals surface area (Å²) in [5, 5.41) is 11.0. The van der Waals surface area contributed by atoms with E-state index in [-0.39, 0.29) is 42.1 Å². The second kappa shape index (κ2) is 29.9. The molecule has 15 aromatic rings. The number of pyridine rings is 2. The number of benzene rings is 11. The van der Waals surface area contributed by atoms with E-state index in [9.17, 15) is 0 Å². The largest absolute Gasteiger partial charge is 0.509 e. The molecule has 2 aliphatic heterocycles. The molecule has 0 fully saturated rings. The summed E-state index contributed by atoms with van der Waals surface area (Å²) in [6.45, 7) is 24.1. The summed E-state index contributed by atoms with van der Waals surface area (Å²) >= 11 is 0. The Morgan fingerprint density at radius 1 is 0.333 bits per heavy atom. The first kappa shape index (κ1) is 71.4. The van der Waals surface area contributed by atoms with Crippen LogP contribution in [0.25, 0.3) is 55.2 Å². The van der Waals surface area contributed by atoms with Gasteiger partial charge in [0.15, 0.2) is 8.07 Å². The second-order valence-corrected chi connectivity index (χ2v) is 36.6. The molecule has 17 rings (SSSR count). The number of rotatable bonds is 15. The van der Waals surface area contributed by atoms with Gasteiger partial charge in [-0.15, -0.1) is 96.1 Å². The van der Waals surface area contributed by atoms with E-state index in [1.165, 1.54) is 70.7 Å². The SMILES string of the molecule is Cc1cc(C)c(N2C=CN(c3[c-]c(Oc4[c-]c5c(cc4)c4ccccc4n5-c4ccc([Si](C)(C)C)cn4)ccc3)[CH-]2)c(C)c1.Cc1cc(C)c(N2C=CN(c3[c-]c(Oc4[c-]c5c(cc4)c4ccccc4n5-c4ccc([Si](c5ccccc5)(c5ccccc5)c5ccccc5)cn4)ccc3)[CH-]2)c(C)c1.[Pt].[Pt]. The van der Waals surface area contributed by atoms with E-state index in [1.807, 2.05) is 60.9 Å². The Labute approximate surface area is 646 Å². The van der Waals surface area contributed by atoms with Gasteiger partial charge in [-0.25, -0.2) is 9.97 Å². The van der Waals surface area contributed by atoms with Crippen LogP contribution in [0.3, 0.4) is 0 Å². The number of para-hydroxylation sites is 2. The van der Waals surface area contributed by atoms with Gasteiger partial charge >= 0.3 is 0 Å². The summed E-state index contributed by atoms with van der Waals surface area (Å²) in [6, 6.07) is 102. The third-order valence-electron chi connectivity index (χ3n) is 19.5. The van der Waals surface area contributed by atoms with Gasteiger partial charge in [0, 0.05) is 99.9 Å². The molecule has 0 unspecified atom stereocenters. The van der Waals surface area contributed by atoms with Crippen molar-refractivity contribution in [1.82, 2.24) is 19.1 Å². The molecule has 4 aromatic heterocycles. The summed E-state index contributed by atoms with van der Waals surface area (Å²) in [6.07, 6.45) is 12.4. The van der Waals surface area contributed by atoms with Crippen LogP contribution in [0.1, 0.15) is 33.4 Å². The van der Waals surface area contributed by atoms with Gasteiger partial charge in [0.25, 0.3) is 0 Å². The van der Waals surface area contributed by atoms with Crippen LogP contribution < -0.4 is 55.0 Å². The van der Waals surface area contributed by atoms with Crippen molar-refractivity contribution in [2.75, 3.05) is 19.6 Å². The van der Waals surface area contributed by atoms with Gasteiger partial charge in [0.1, 0.15) is 11.6 Å². The smallest absolute Gasteiger partial charge is 0.181 e. The molecule has 0 spiro atoms. The van der Waals surface area contributed by atoms with E-state index in [4.69, 9.17) is 19.4 Å². The maximum atomic E-state index is 6.53. The summed E-state index contributed by atoms with van der Waals surface area (Å²) in [4.78, 5) is 18.7. The van der Waals surface area contributed by atoms with Gasteiger partial charge < -0.3 is 38.2 Å². The second-order valence-electron chi connectivity index (χ2n) is 27.7. The Bertz CT molecular complexity index is 5600. The van der Waals surface area contributed by atoms with Crippen LogP contribution in [0.5, 0.6) is 23.0 Å². The first-order valence-corrected chi connectivity index (χ1v) is 40.4. The number of ether oxygens (including phenoxy) is 2. The Kier molecular flexibility index (Phi) is 20.3. The van der Waals surface area contributed by atoms with Gasteiger partial charge in [-0.1, -0.05) is 206 Å². The predicted octanol–water partition coefficient (Wildman–Crippen LogP) is 18.7. The topological polar surface area (TPSA) is 67.1 Å². The Morgan fingerprint density at radius 3 is 1.08 bits per heavy atom. The Hall–Kier alpha value is -10.6. The average Bonchev–Trinajstić information content (AvgIpc) is 1.34. The van der Waals surface area contributed by atoms with Crippen molar-refractivity contribution in [2.24, 2.45) is 0 Å². The molecule has 0 atom stereocenters. The maximum Gasteiger partial charge on any atom is 0.181 e. The number of nitrogens with zero attached hydrogens (tertiary/aromatic N) is 8. The van der Waals surface area contributed by atoms with Crippen molar-refractivity contribution in [1.29, 1.82) is 0 Å². The quantitative estimate of drug-likeness (QED) is 0.0571. The van der Waals surface area contributed by atoms with Crippen molar-refractivity contribution in [3.63, 3.8) is 0 Å². The third kappa shape index (κ3) is 13.8. The third-order valence-corrected chi connectivity index (χ3v) is 26.3. The van der Waals surface area contributed by atoms with Crippen molar-refractivity contribution in [3.05, 3.63) is 357 Å². The van der Waals surface area contributed by atoms with E-state index >= 15 is 0 Å². The average molecular weight is 1760 g/mol. The van der Waals surface area contributed by atoms with Crippen LogP contribution in [0, 0.1) is 79.1 Å². The molecular formula is C91H76N8O2Pt2Si2-6. The van der Waals surface area contributed by atoms with Crippen LogP contribution in [0.2, 0.25) is 19.6 Å². The van der Waals surface area contributed by atoms with Crippen LogP contribution in [0.15, 0.2) is 286 Å². The molecule has 0 saturated carbocycles. The molecule has 6 heterocycles. The molecule has 526 valence electrons. The minimum absolute atomic E-state index is 0. The molecular weight excluding hydrogens is 1680 g/mol. The number of hydrogen-bond acceptors (Lipinski definition) is 8. The van der Waals surface area contributed by atoms with E-state index in [2.05, 4.69) is 353 Å². The minimum atomic E-state index is -2.73. The first-order valence-electron chi connectivity index (χ1n) is 34.9. The molecule has 0 aliphatic carbocycles. The van der Waals surface area contributed by atoms with Crippen molar-refractivity contribution in [3.8, 4) is 34.6 Å². The normalized spacial score (nSPS) is 12.8. The van der Waals surface area contributed by atoms with Gasteiger partial charge in [-0.2, -0.15) is 24.3 Å². The number of anilines is 4. The fourth-order valence-corrected chi connectivity index (χ4v) is 20.8. The number of fused-ring (bicyclic) bond motifs is 6. The number of aromatic nitrogens is 4. The standard InChI is InChI=1S/C53H41N4OSi.C38H35N4OSi.2Pt/c1-38-32-39(2)53(40(3)33-38)56-31-30-55(37-56)41-16-15-17-42(34-41)58-43-26-28-49-48-24-13-14-25-50(48)57(51(49)35-43)52-29-27-47(36-54-52)59(44-18-7-4-8-19-44,45-20-9-5-10-21-45)46-22-11-6-12-23-46;1-26-20-27(2)38(28(3)21-26)41-19-18-40(25-41)29-10-9-11-30(22-29)43-31-14-16-34-33-12-7-8-13-35(33)42(36(34)23-31)37-17-15-32(24-39-37)44(4,5)6;;/h4-33,36-37H,1-3H3;7-21,24-25H,1-6H3;;/q2*-3;;. The summed E-state index contributed by atoms with van der Waals surface area (Å²) in [7, 11) is -4.19. The van der Waals surface area contributed by atoms with Crippen LogP contribution >= 0.6 is 0 Å². The fraction of sp³-hybridized carbons (Fsp3) is 0.0989. The van der Waals surface area contributed by atoms with Gasteiger partial charge in [-0.05, 0) is 150 Å². The molecule has 2 aliphatic rings. The Balaban J connectivity index is 0.000000181. The number of hydrogen-bond donors (Lipinski definition) is 0. The summed E-state index contributed by atoms with van der Waals surface area (Å²) in [5.74, 6) is 4.15. The zero-order chi connectivity index (χ0) is 70.5. The molecule has 10 nitrogen and oxygen atoms in total. The zero-order valence-corrected chi connectivity index (χ0v) is 66.4. The van der Waals surface area contributed by atoms with Crippen molar-refractivity contribution in [2.45, 2.75) is 61.2 Å². The van der Waals surface area contributed by atoms with E-state index in [0.29, 0.717) is 23.0 Å². The van der Waals surface area contributed by atoms with Crippen LogP contribution in [0.4, 0.5) is 22.7 Å². The first-order chi connectivity index (χ1) is 50.1. The van der Waals surface area contributed by atoms with Crippen LogP contribution in [-0.2, 0) is 42.1 Å².